The second-order valence-corrected chi connectivity index (χ2v) is 8.39. The molecule has 0 heterocycles. The molecule has 2 aromatic rings. The van der Waals surface area contributed by atoms with Crippen LogP contribution in [0.5, 0.6) is 5.75 Å². The highest BCUT2D eigenvalue weighted by atomic mass is 35.5. The van der Waals surface area contributed by atoms with Crippen molar-refractivity contribution in [3.05, 3.63) is 58.6 Å². The molecular weight excluding hydrogens is 445 g/mol. The van der Waals surface area contributed by atoms with Gasteiger partial charge in [-0.25, -0.2) is 8.42 Å². The second-order valence-electron chi connectivity index (χ2n) is 6.07. The fraction of sp³-hybridized carbons (Fsp3) is 0.316. The van der Waals surface area contributed by atoms with E-state index in [1.54, 1.807) is 13.8 Å². The van der Waals surface area contributed by atoms with Crippen molar-refractivity contribution in [3.63, 3.8) is 0 Å². The fourth-order valence-corrected chi connectivity index (χ4v) is 4.65. The van der Waals surface area contributed by atoms with Crippen LogP contribution in [0, 0.1) is 0 Å². The zero-order valence-electron chi connectivity index (χ0n) is 16.2. The van der Waals surface area contributed by atoms with E-state index in [4.69, 9.17) is 11.6 Å². The first-order chi connectivity index (χ1) is 14.0. The lowest BCUT2D eigenvalue weighted by atomic mass is 10.1. The molecule has 2 aromatic carbocycles. The van der Waals surface area contributed by atoms with Crippen molar-refractivity contribution in [2.75, 3.05) is 13.1 Å². The van der Waals surface area contributed by atoms with E-state index in [2.05, 4.69) is 10.1 Å². The Bertz CT molecular complexity index is 1010. The third-order valence-corrected chi connectivity index (χ3v) is 6.69. The molecule has 1 amide bonds. The van der Waals surface area contributed by atoms with Crippen LogP contribution < -0.4 is 10.1 Å². The van der Waals surface area contributed by atoms with Gasteiger partial charge >= 0.3 is 6.36 Å². The summed E-state index contributed by atoms with van der Waals surface area (Å²) in [6.07, 6.45) is -4.87. The molecule has 30 heavy (non-hydrogen) atoms. The zero-order chi connectivity index (χ0) is 22.5. The van der Waals surface area contributed by atoms with Gasteiger partial charge in [0.25, 0.3) is 5.91 Å². The normalized spacial score (nSPS) is 12.1. The molecule has 0 radical (unpaired) electrons. The van der Waals surface area contributed by atoms with Gasteiger partial charge in [0.2, 0.25) is 10.0 Å². The molecule has 0 aromatic heterocycles. The number of rotatable bonds is 8. The molecule has 0 fully saturated rings. The molecule has 0 spiro atoms. The van der Waals surface area contributed by atoms with E-state index in [1.807, 2.05) is 0 Å². The average molecular weight is 465 g/mol. The number of alkyl halides is 3. The summed E-state index contributed by atoms with van der Waals surface area (Å²) in [4.78, 5) is 12.3. The Hall–Kier alpha value is -2.30. The van der Waals surface area contributed by atoms with Crippen LogP contribution in [0.4, 0.5) is 13.2 Å². The Morgan fingerprint density at radius 2 is 1.77 bits per heavy atom. The third kappa shape index (κ3) is 5.87. The van der Waals surface area contributed by atoms with E-state index in [-0.39, 0.29) is 40.7 Å². The fourth-order valence-electron chi connectivity index (χ4n) is 2.70. The van der Waals surface area contributed by atoms with Crippen LogP contribution in [0.3, 0.4) is 0 Å². The van der Waals surface area contributed by atoms with Crippen molar-refractivity contribution in [2.45, 2.75) is 31.7 Å². The molecule has 2 rings (SSSR count). The van der Waals surface area contributed by atoms with Crippen LogP contribution in [-0.2, 0) is 16.6 Å². The van der Waals surface area contributed by atoms with Crippen molar-refractivity contribution in [1.29, 1.82) is 0 Å². The lowest BCUT2D eigenvalue weighted by Gasteiger charge is -2.19. The van der Waals surface area contributed by atoms with Gasteiger partial charge in [0.1, 0.15) is 10.6 Å². The number of benzene rings is 2. The first-order valence-corrected chi connectivity index (χ1v) is 10.7. The average Bonchev–Trinajstić information content (AvgIpc) is 2.66. The number of hydrogen-bond acceptors (Lipinski definition) is 4. The summed E-state index contributed by atoms with van der Waals surface area (Å²) in [5.74, 6) is -1.12. The number of carbonyl (C=O) groups excluding carboxylic acids is 1. The molecule has 0 saturated carbocycles. The van der Waals surface area contributed by atoms with Crippen LogP contribution in [-0.4, -0.2) is 38.1 Å². The lowest BCUT2D eigenvalue weighted by molar-refractivity contribution is -0.274. The van der Waals surface area contributed by atoms with Crippen molar-refractivity contribution in [1.82, 2.24) is 9.62 Å². The number of carbonyl (C=O) groups is 1. The van der Waals surface area contributed by atoms with Gasteiger partial charge in [0.05, 0.1) is 5.02 Å². The van der Waals surface area contributed by atoms with Gasteiger partial charge < -0.3 is 10.1 Å². The molecule has 0 unspecified atom stereocenters. The number of hydrogen-bond donors (Lipinski definition) is 1. The largest absolute Gasteiger partial charge is 0.573 e. The Kier molecular flexibility index (Phi) is 7.73. The summed E-state index contributed by atoms with van der Waals surface area (Å²) in [5, 5.41) is 2.42. The molecule has 164 valence electrons. The van der Waals surface area contributed by atoms with Crippen LogP contribution >= 0.6 is 11.6 Å². The molecular formula is C19H20ClF3N2O4S. The number of sulfonamides is 1. The van der Waals surface area contributed by atoms with Gasteiger partial charge in [-0.1, -0.05) is 43.6 Å². The van der Waals surface area contributed by atoms with Gasteiger partial charge in [0.15, 0.2) is 0 Å². The summed E-state index contributed by atoms with van der Waals surface area (Å²) < 4.78 is 68.2. The number of nitrogens with zero attached hydrogens (tertiary/aromatic N) is 1. The molecule has 0 bridgehead atoms. The van der Waals surface area contributed by atoms with Gasteiger partial charge in [-0.05, 0) is 24.3 Å². The van der Waals surface area contributed by atoms with Crippen molar-refractivity contribution in [3.8, 4) is 5.75 Å². The maximum atomic E-state index is 12.7. The van der Waals surface area contributed by atoms with Crippen LogP contribution in [0.2, 0.25) is 5.02 Å². The summed E-state index contributed by atoms with van der Waals surface area (Å²) in [5.41, 5.74) is 0.104. The minimum atomic E-state index is -4.87. The van der Waals surface area contributed by atoms with Crippen LogP contribution in [0.1, 0.15) is 29.8 Å². The molecule has 0 saturated heterocycles. The highest BCUT2D eigenvalue weighted by Gasteiger charge is 2.32. The maximum Gasteiger partial charge on any atom is 0.573 e. The second kappa shape index (κ2) is 9.67. The number of halogens is 4. The monoisotopic (exact) mass is 464 g/mol. The molecule has 0 aliphatic heterocycles. The van der Waals surface area contributed by atoms with Gasteiger partial charge in [0, 0.05) is 30.8 Å². The summed E-state index contributed by atoms with van der Waals surface area (Å²) >= 11 is 6.04. The van der Waals surface area contributed by atoms with Crippen molar-refractivity contribution >= 4 is 27.5 Å². The third-order valence-electron chi connectivity index (χ3n) is 4.15. The number of amides is 1. The van der Waals surface area contributed by atoms with Gasteiger partial charge in [-0.15, -0.1) is 13.2 Å². The quantitative estimate of drug-likeness (QED) is 0.635. The first-order valence-electron chi connectivity index (χ1n) is 8.91. The van der Waals surface area contributed by atoms with E-state index < -0.39 is 28.0 Å². The Morgan fingerprint density at radius 1 is 1.13 bits per heavy atom. The summed E-state index contributed by atoms with van der Waals surface area (Å²) in [7, 11) is -3.91. The van der Waals surface area contributed by atoms with E-state index in [0.717, 1.165) is 12.1 Å². The molecule has 11 heteroatoms. The highest BCUT2D eigenvalue weighted by molar-refractivity contribution is 7.89. The Morgan fingerprint density at radius 3 is 2.37 bits per heavy atom. The van der Waals surface area contributed by atoms with Crippen molar-refractivity contribution < 1.29 is 31.1 Å². The smallest absolute Gasteiger partial charge is 0.405 e. The standard InChI is InChI=1S/C19H20ClF3N2O4S/c1-3-25(4-2)30(27,28)17-11-13(9-10-15(17)20)18(26)24-12-14-7-5-6-8-16(14)29-19(21,22)23/h5-11H,3-4,12H2,1-2H3,(H,24,26). The number of ether oxygens (including phenoxy) is 1. The minimum Gasteiger partial charge on any atom is -0.405 e. The van der Waals surface area contributed by atoms with Crippen molar-refractivity contribution in [2.24, 2.45) is 0 Å². The number of nitrogens with one attached hydrogen (secondary N) is 1. The topological polar surface area (TPSA) is 75.7 Å². The summed E-state index contributed by atoms with van der Waals surface area (Å²) in [6.45, 7) is 3.53. The van der Waals surface area contributed by atoms with Crippen LogP contribution in [0.15, 0.2) is 47.4 Å². The van der Waals surface area contributed by atoms with Gasteiger partial charge in [-0.3, -0.25) is 4.79 Å². The molecule has 0 atom stereocenters. The van der Waals surface area contributed by atoms with E-state index >= 15 is 0 Å². The zero-order valence-corrected chi connectivity index (χ0v) is 17.7. The lowest BCUT2D eigenvalue weighted by Crippen LogP contribution is -2.31. The van der Waals surface area contributed by atoms with E-state index in [0.29, 0.717) is 0 Å². The SMILES string of the molecule is CCN(CC)S(=O)(=O)c1cc(C(=O)NCc2ccccc2OC(F)(F)F)ccc1Cl. The first kappa shape index (κ1) is 24.0. The summed E-state index contributed by atoms with van der Waals surface area (Å²) in [6, 6.07) is 9.14. The molecule has 0 aliphatic rings. The maximum absolute atomic E-state index is 12.7. The number of para-hydroxylation sites is 1. The Labute approximate surface area is 177 Å². The minimum absolute atomic E-state index is 0.000600. The molecule has 0 aliphatic carbocycles. The van der Waals surface area contributed by atoms with E-state index in [9.17, 15) is 26.4 Å². The Balaban J connectivity index is 2.24. The predicted molar refractivity (Wildman–Crippen MR) is 106 cm³/mol. The van der Waals surface area contributed by atoms with Crippen LogP contribution in [0.25, 0.3) is 0 Å². The molecule has 1 N–H and O–H groups in total. The van der Waals surface area contributed by atoms with E-state index in [1.165, 1.54) is 34.6 Å². The molecule has 6 nitrogen and oxygen atoms in total. The van der Waals surface area contributed by atoms with Gasteiger partial charge in [-0.2, -0.15) is 4.31 Å². The highest BCUT2D eigenvalue weighted by Crippen LogP contribution is 2.27. The predicted octanol–water partition coefficient (Wildman–Crippen LogP) is 4.20.